The first kappa shape index (κ1) is 22.8. The minimum absolute atomic E-state index is 0.108. The molecule has 2 aromatic carbocycles. The Kier molecular flexibility index (Phi) is 6.24. The molecule has 0 aliphatic carbocycles. The second kappa shape index (κ2) is 9.32. The van der Waals surface area contributed by atoms with Gasteiger partial charge in [0.2, 0.25) is 5.91 Å². The molecule has 0 radical (unpaired) electrons. The maximum absolute atomic E-state index is 13.9. The number of hydrogen-bond donors (Lipinski definition) is 1. The van der Waals surface area contributed by atoms with Gasteiger partial charge in [0.25, 0.3) is 0 Å². The number of fused-ring (bicyclic) bond motifs is 1. The first-order chi connectivity index (χ1) is 16.5. The van der Waals surface area contributed by atoms with Crippen molar-refractivity contribution in [1.82, 2.24) is 14.5 Å². The van der Waals surface area contributed by atoms with E-state index in [1.54, 1.807) is 4.90 Å². The minimum atomic E-state index is -1.03. The smallest absolute Gasteiger partial charge is 0.319 e. The third-order valence-corrected chi connectivity index (χ3v) is 8.45. The molecule has 2 aliphatic rings. The van der Waals surface area contributed by atoms with E-state index in [-0.39, 0.29) is 23.8 Å². The Labute approximate surface area is 206 Å². The zero-order valence-electron chi connectivity index (χ0n) is 18.5. The number of amides is 1. The molecule has 0 spiro atoms. The first-order valence-electron chi connectivity index (χ1n) is 11.0. The van der Waals surface area contributed by atoms with Crippen LogP contribution >= 0.6 is 23.3 Å². The Bertz CT molecular complexity index is 1180. The zero-order valence-corrected chi connectivity index (χ0v) is 20.2. The van der Waals surface area contributed by atoms with Crippen molar-refractivity contribution in [2.45, 2.75) is 24.4 Å². The fourth-order valence-corrected chi connectivity index (χ4v) is 6.14. The molecule has 5 rings (SSSR count). The van der Waals surface area contributed by atoms with Crippen molar-refractivity contribution in [2.75, 3.05) is 12.3 Å². The zero-order chi connectivity index (χ0) is 23.7. The number of nitrogens with two attached hydrogens (primary N) is 1. The molecule has 7 nitrogen and oxygen atoms in total. The lowest BCUT2D eigenvalue weighted by atomic mass is 9.86. The van der Waals surface area contributed by atoms with Gasteiger partial charge in [-0.05, 0) is 35.7 Å². The third-order valence-electron chi connectivity index (χ3n) is 6.23. The fraction of sp³-hybridized carbons (Fsp3) is 0.280. The predicted molar refractivity (Wildman–Crippen MR) is 133 cm³/mol. The average Bonchev–Trinajstić information content (AvgIpc) is 3.30. The van der Waals surface area contributed by atoms with Crippen LogP contribution in [0.2, 0.25) is 0 Å². The van der Waals surface area contributed by atoms with Crippen molar-refractivity contribution in [3.63, 3.8) is 0 Å². The molecule has 2 unspecified atom stereocenters. The number of aromatic nitrogens is 2. The summed E-state index contributed by atoms with van der Waals surface area (Å²) < 4.78 is 10.2. The maximum Gasteiger partial charge on any atom is 0.319 e. The van der Waals surface area contributed by atoms with Gasteiger partial charge in [-0.15, -0.1) is 16.9 Å². The number of aryl methyl sites for hydroxylation is 1. The number of rotatable bonds is 6. The number of carbonyl (C=O) groups excluding carboxylic acids is 2. The Morgan fingerprint density at radius 2 is 1.82 bits per heavy atom. The number of carbonyl (C=O) groups is 2. The molecule has 0 saturated carbocycles. The summed E-state index contributed by atoms with van der Waals surface area (Å²) in [6.07, 6.45) is 3.07. The third kappa shape index (κ3) is 4.15. The van der Waals surface area contributed by atoms with Crippen LogP contribution in [0.4, 0.5) is 0 Å². The second-order valence-corrected chi connectivity index (χ2v) is 10.6. The standard InChI is InChI=1S/C25H24N4O3S2/c1-16-19(27-28-34-16)12-13-25(14-29-22(30)20(26)23(29)33-15-25)24(31)32-21(17-8-4-2-5-9-17)18-10-6-3-7-11-18/h2-13,20-21,23H,14-15,26H2,1H3/t20?,23-,25?/m1/s1. The van der Waals surface area contributed by atoms with Crippen LogP contribution in [0.15, 0.2) is 66.7 Å². The molecule has 2 fully saturated rings. The normalized spacial score (nSPS) is 24.2. The number of benzene rings is 2. The highest BCUT2D eigenvalue weighted by molar-refractivity contribution is 8.00. The second-order valence-electron chi connectivity index (χ2n) is 8.50. The Balaban J connectivity index is 1.49. The highest BCUT2D eigenvalue weighted by Gasteiger charge is 2.55. The van der Waals surface area contributed by atoms with E-state index in [2.05, 4.69) is 9.59 Å². The van der Waals surface area contributed by atoms with Crippen LogP contribution < -0.4 is 5.73 Å². The molecule has 3 aromatic rings. The topological polar surface area (TPSA) is 98.4 Å². The number of esters is 1. The highest BCUT2D eigenvalue weighted by Crippen LogP contribution is 2.44. The lowest BCUT2D eigenvalue weighted by molar-refractivity contribution is -0.161. The summed E-state index contributed by atoms with van der Waals surface area (Å²) in [6, 6.07) is 18.8. The van der Waals surface area contributed by atoms with Crippen molar-refractivity contribution >= 4 is 41.2 Å². The van der Waals surface area contributed by atoms with Crippen molar-refractivity contribution < 1.29 is 14.3 Å². The van der Waals surface area contributed by atoms with Gasteiger partial charge >= 0.3 is 5.97 Å². The minimum Gasteiger partial charge on any atom is -0.452 e. The van der Waals surface area contributed by atoms with Crippen LogP contribution in [0, 0.1) is 12.3 Å². The van der Waals surface area contributed by atoms with E-state index in [1.807, 2.05) is 79.7 Å². The van der Waals surface area contributed by atoms with Gasteiger partial charge in [0, 0.05) is 17.2 Å². The van der Waals surface area contributed by atoms with Gasteiger partial charge in [0.1, 0.15) is 22.5 Å². The van der Waals surface area contributed by atoms with Gasteiger partial charge < -0.3 is 15.4 Å². The monoisotopic (exact) mass is 492 g/mol. The fourth-order valence-electron chi connectivity index (χ4n) is 4.23. The van der Waals surface area contributed by atoms with E-state index >= 15 is 0 Å². The molecule has 2 N–H and O–H groups in total. The first-order valence-corrected chi connectivity index (χ1v) is 12.8. The lowest BCUT2D eigenvalue weighted by Gasteiger charge is -2.52. The number of ether oxygens (including phenoxy) is 1. The highest BCUT2D eigenvalue weighted by atomic mass is 32.2. The van der Waals surface area contributed by atoms with Gasteiger partial charge in [-0.1, -0.05) is 71.2 Å². The molecule has 9 heteroatoms. The Hall–Kier alpha value is -3.01. The van der Waals surface area contributed by atoms with E-state index in [4.69, 9.17) is 10.5 Å². The summed E-state index contributed by atoms with van der Waals surface area (Å²) in [5.41, 5.74) is 7.41. The molecule has 174 valence electrons. The van der Waals surface area contributed by atoms with Crippen molar-refractivity contribution in [3.05, 3.63) is 88.4 Å². The summed E-state index contributed by atoms with van der Waals surface area (Å²) in [6.45, 7) is 2.15. The molecule has 34 heavy (non-hydrogen) atoms. The molecule has 3 heterocycles. The number of nitrogens with zero attached hydrogens (tertiary/aromatic N) is 3. The van der Waals surface area contributed by atoms with Crippen LogP contribution in [-0.4, -0.2) is 50.1 Å². The summed E-state index contributed by atoms with van der Waals surface area (Å²) >= 11 is 2.82. The van der Waals surface area contributed by atoms with Gasteiger partial charge in [-0.3, -0.25) is 9.59 Å². The summed E-state index contributed by atoms with van der Waals surface area (Å²) in [7, 11) is 0. The molecule has 1 amide bonds. The summed E-state index contributed by atoms with van der Waals surface area (Å²) in [5.74, 6) is -0.0734. The number of β-lactam (4-membered cyclic amide) rings is 1. The quantitative estimate of drug-likeness (QED) is 0.416. The van der Waals surface area contributed by atoms with Gasteiger partial charge in [-0.2, -0.15) is 0 Å². The van der Waals surface area contributed by atoms with Crippen LogP contribution in [0.5, 0.6) is 0 Å². The molecule has 2 saturated heterocycles. The number of thioether (sulfide) groups is 1. The van der Waals surface area contributed by atoms with Crippen LogP contribution in [0.25, 0.3) is 6.08 Å². The molecule has 2 aliphatic heterocycles. The largest absolute Gasteiger partial charge is 0.452 e. The van der Waals surface area contributed by atoms with Crippen molar-refractivity contribution in [3.8, 4) is 0 Å². The van der Waals surface area contributed by atoms with Gasteiger partial charge in [0.05, 0.1) is 0 Å². The summed E-state index contributed by atoms with van der Waals surface area (Å²) in [5, 5.41) is 4.04. The van der Waals surface area contributed by atoms with E-state index in [9.17, 15) is 9.59 Å². The SMILES string of the molecule is Cc1snnc1C=CC1(C(=O)OC(c2ccccc2)c2ccccc2)CS[C@@H]2C(N)C(=O)N2C1. The number of hydrogen-bond acceptors (Lipinski definition) is 8. The van der Waals surface area contributed by atoms with E-state index < -0.39 is 17.6 Å². The molecule has 3 atom stereocenters. The van der Waals surface area contributed by atoms with E-state index in [0.717, 1.165) is 16.0 Å². The predicted octanol–water partition coefficient (Wildman–Crippen LogP) is 3.42. The van der Waals surface area contributed by atoms with Crippen LogP contribution in [0.1, 0.15) is 27.8 Å². The Morgan fingerprint density at radius 1 is 1.18 bits per heavy atom. The van der Waals surface area contributed by atoms with Crippen LogP contribution in [-0.2, 0) is 14.3 Å². The van der Waals surface area contributed by atoms with E-state index in [1.165, 1.54) is 23.3 Å². The summed E-state index contributed by atoms with van der Waals surface area (Å²) in [4.78, 5) is 29.0. The van der Waals surface area contributed by atoms with Crippen molar-refractivity contribution in [2.24, 2.45) is 11.1 Å². The van der Waals surface area contributed by atoms with Crippen molar-refractivity contribution in [1.29, 1.82) is 0 Å². The average molecular weight is 493 g/mol. The molecular formula is C25H24N4O3S2. The van der Waals surface area contributed by atoms with Gasteiger partial charge in [-0.25, -0.2) is 0 Å². The maximum atomic E-state index is 13.9. The molecular weight excluding hydrogens is 468 g/mol. The Morgan fingerprint density at radius 3 is 2.41 bits per heavy atom. The molecule has 1 aromatic heterocycles. The molecule has 0 bridgehead atoms. The van der Waals surface area contributed by atoms with E-state index in [0.29, 0.717) is 11.4 Å². The lowest BCUT2D eigenvalue weighted by Crippen LogP contribution is -2.72. The van der Waals surface area contributed by atoms with Crippen LogP contribution in [0.3, 0.4) is 0 Å². The van der Waals surface area contributed by atoms with Gasteiger partial charge in [0.15, 0.2) is 6.10 Å².